The molecule has 0 amide bonds. The van der Waals surface area contributed by atoms with E-state index in [0.717, 1.165) is 12.3 Å². The van der Waals surface area contributed by atoms with E-state index in [4.69, 9.17) is 0 Å². The number of hydrogen-bond acceptors (Lipinski definition) is 0. The summed E-state index contributed by atoms with van der Waals surface area (Å²) in [6, 6.07) is 15.7. The zero-order chi connectivity index (χ0) is 17.1. The molecule has 0 aliphatic heterocycles. The normalized spacial score (nSPS) is 18.0. The fourth-order valence-corrected chi connectivity index (χ4v) is 4.21. The van der Waals surface area contributed by atoms with Crippen LogP contribution in [0.5, 0.6) is 0 Å². The number of allylic oxidation sites excluding steroid dienone is 2. The molecular weight excluding hydrogens is 391 g/mol. The average molecular weight is 419 g/mol. The van der Waals surface area contributed by atoms with Gasteiger partial charge in [0.15, 0.2) is 0 Å². The summed E-state index contributed by atoms with van der Waals surface area (Å²) in [5.74, 6) is 0.749. The van der Waals surface area contributed by atoms with Crippen molar-refractivity contribution in [1.82, 2.24) is 0 Å². The third kappa shape index (κ3) is 4.37. The van der Waals surface area contributed by atoms with Crippen molar-refractivity contribution in [2.75, 3.05) is 0 Å². The summed E-state index contributed by atoms with van der Waals surface area (Å²) in [5.41, 5.74) is 5.37. The van der Waals surface area contributed by atoms with E-state index in [1.54, 1.807) is 0 Å². The topological polar surface area (TPSA) is 0 Å². The van der Waals surface area contributed by atoms with Crippen LogP contribution in [0.4, 0.5) is 0 Å². The zero-order valence-electron chi connectivity index (χ0n) is 15.7. The average Bonchev–Trinajstić information content (AvgIpc) is 3.06. The molecule has 0 atom stereocenters. The van der Waals surface area contributed by atoms with E-state index in [1.807, 2.05) is 0 Å². The van der Waals surface area contributed by atoms with Crippen LogP contribution >= 0.6 is 0 Å². The quantitative estimate of drug-likeness (QED) is 0.635. The number of fused-ring (bicyclic) bond motifs is 1. The Hall–Kier alpha value is -1.20. The molecule has 0 spiro atoms. The molecule has 0 bridgehead atoms. The van der Waals surface area contributed by atoms with Crippen molar-refractivity contribution < 1.29 is 26.2 Å². The molecule has 1 radical (unpaired) electrons. The summed E-state index contributed by atoms with van der Waals surface area (Å²) < 4.78 is 0. The van der Waals surface area contributed by atoms with Gasteiger partial charge in [0.05, 0.1) is 0 Å². The molecule has 26 heavy (non-hydrogen) atoms. The predicted molar refractivity (Wildman–Crippen MR) is 108 cm³/mol. The Kier molecular flexibility index (Phi) is 6.88. The van der Waals surface area contributed by atoms with Gasteiger partial charge in [-0.1, -0.05) is 81.1 Å². The van der Waals surface area contributed by atoms with Gasteiger partial charge >= 0.3 is 0 Å². The van der Waals surface area contributed by atoms with Gasteiger partial charge in [0, 0.05) is 26.2 Å². The van der Waals surface area contributed by atoms with Crippen LogP contribution in [-0.2, 0) is 32.6 Å². The molecule has 0 aromatic heterocycles. The summed E-state index contributed by atoms with van der Waals surface area (Å²) in [6.45, 7) is 2.23. The first kappa shape index (κ1) is 19.6. The zero-order valence-corrected chi connectivity index (χ0v) is 18.2. The molecule has 1 fully saturated rings. The van der Waals surface area contributed by atoms with Crippen LogP contribution in [0.1, 0.15) is 51.0 Å². The fourth-order valence-electron chi connectivity index (χ4n) is 4.21. The Labute approximate surface area is 176 Å². The predicted octanol–water partition coefficient (Wildman–Crippen LogP) is 5.26. The maximum atomic E-state index is 3.63. The fraction of sp³-hybridized carbons (Fsp3) is 0.360. The van der Waals surface area contributed by atoms with Crippen LogP contribution < -0.4 is 10.4 Å². The van der Waals surface area contributed by atoms with E-state index in [-0.39, 0.29) is 26.2 Å². The van der Waals surface area contributed by atoms with Crippen molar-refractivity contribution in [3.8, 4) is 11.1 Å². The van der Waals surface area contributed by atoms with Gasteiger partial charge in [-0.25, -0.2) is 0 Å². The first-order valence-corrected chi connectivity index (χ1v) is 9.89. The minimum Gasteiger partial charge on any atom is -0.0735 e. The van der Waals surface area contributed by atoms with Gasteiger partial charge < -0.3 is 0 Å². The summed E-state index contributed by atoms with van der Waals surface area (Å²) in [6.07, 6.45) is 17.7. The van der Waals surface area contributed by atoms with Crippen molar-refractivity contribution in [3.63, 3.8) is 0 Å². The van der Waals surface area contributed by atoms with E-state index >= 15 is 0 Å². The molecule has 2 aliphatic rings. The van der Waals surface area contributed by atoms with Gasteiger partial charge in [-0.2, -0.15) is 0 Å². The van der Waals surface area contributed by atoms with E-state index in [2.05, 4.69) is 67.6 Å². The molecule has 131 valence electrons. The Morgan fingerprint density at radius 3 is 2.50 bits per heavy atom. The van der Waals surface area contributed by atoms with Crippen LogP contribution in [0.3, 0.4) is 0 Å². The third-order valence-corrected chi connectivity index (χ3v) is 5.55. The molecule has 4 rings (SSSR count). The number of benzene rings is 2. The molecule has 2 aromatic rings. The number of aryl methyl sites for hydroxylation is 1. The minimum atomic E-state index is 0. The van der Waals surface area contributed by atoms with E-state index < -0.39 is 0 Å². The second-order valence-corrected chi connectivity index (χ2v) is 7.50. The van der Waals surface area contributed by atoms with Gasteiger partial charge in [-0.15, -0.1) is 0 Å². The molecule has 2 aromatic carbocycles. The third-order valence-electron chi connectivity index (χ3n) is 5.55. The summed E-state index contributed by atoms with van der Waals surface area (Å²) in [7, 11) is 0. The monoisotopic (exact) mass is 417 g/mol. The Morgan fingerprint density at radius 2 is 1.77 bits per heavy atom. The largest absolute Gasteiger partial charge is 0.0735 e. The van der Waals surface area contributed by atoms with Crippen LogP contribution in [-0.4, -0.2) is 0 Å². The Bertz CT molecular complexity index is 881. The maximum Gasteiger partial charge on any atom is 0 e. The Balaban J connectivity index is 0.00000196. The summed E-state index contributed by atoms with van der Waals surface area (Å²) in [5, 5.41) is 2.59. The van der Waals surface area contributed by atoms with Gasteiger partial charge in [0.25, 0.3) is 0 Å². The number of rotatable bonds is 4. The van der Waals surface area contributed by atoms with Gasteiger partial charge in [0.2, 0.25) is 0 Å². The molecule has 2 aliphatic carbocycles. The molecule has 1 saturated carbocycles. The second-order valence-electron chi connectivity index (χ2n) is 7.50. The molecule has 0 nitrogen and oxygen atoms in total. The molecule has 0 unspecified atom stereocenters. The van der Waals surface area contributed by atoms with Crippen molar-refractivity contribution in [3.05, 3.63) is 70.1 Å². The van der Waals surface area contributed by atoms with Crippen LogP contribution in [0.25, 0.3) is 23.3 Å². The van der Waals surface area contributed by atoms with Crippen LogP contribution in [0, 0.1) is 5.92 Å². The van der Waals surface area contributed by atoms with E-state index in [9.17, 15) is 0 Å². The van der Waals surface area contributed by atoms with Gasteiger partial charge in [0.1, 0.15) is 0 Å². The minimum absolute atomic E-state index is 0. The molecular formula is C25H27Zr. The van der Waals surface area contributed by atoms with Crippen molar-refractivity contribution >= 4 is 12.2 Å². The summed E-state index contributed by atoms with van der Waals surface area (Å²) >= 11 is 0. The molecule has 0 saturated heterocycles. The first-order valence-electron chi connectivity index (χ1n) is 9.89. The Morgan fingerprint density at radius 1 is 1.00 bits per heavy atom. The van der Waals surface area contributed by atoms with Gasteiger partial charge in [-0.05, 0) is 70.0 Å². The van der Waals surface area contributed by atoms with E-state index in [1.165, 1.54) is 71.2 Å². The second kappa shape index (κ2) is 9.14. The van der Waals surface area contributed by atoms with E-state index in [0.29, 0.717) is 0 Å². The smallest absolute Gasteiger partial charge is 0 e. The SMILES string of the molecule is CCCc1ccc(-c2cccc3c2=CC(=CC2CCCCC2)[C]=3)cc1.[Zr]. The van der Waals surface area contributed by atoms with Crippen molar-refractivity contribution in [2.24, 2.45) is 5.92 Å². The van der Waals surface area contributed by atoms with Crippen molar-refractivity contribution in [2.45, 2.75) is 51.9 Å². The van der Waals surface area contributed by atoms with Gasteiger partial charge in [-0.3, -0.25) is 0 Å². The molecule has 1 heteroatoms. The van der Waals surface area contributed by atoms with Crippen molar-refractivity contribution in [1.29, 1.82) is 0 Å². The maximum absolute atomic E-state index is 3.63. The van der Waals surface area contributed by atoms with Crippen LogP contribution in [0.2, 0.25) is 0 Å². The first-order chi connectivity index (χ1) is 12.3. The molecule has 0 N–H and O–H groups in total. The molecule has 0 heterocycles. The standard InChI is InChI=1S/C25H27.Zr/c1-2-7-19-12-14-22(15-13-19)24-11-6-10-23-17-21(18-25(23)24)16-20-8-4-3-5-9-20;/h6,10-16,18,20H,2-5,7-9H2,1H3;. The van der Waals surface area contributed by atoms with Crippen LogP contribution in [0.15, 0.2) is 54.1 Å². The number of hydrogen-bond donors (Lipinski definition) is 0. The summed E-state index contributed by atoms with van der Waals surface area (Å²) in [4.78, 5) is 0.